The second-order valence-corrected chi connectivity index (χ2v) is 6.41. The molecule has 4 heterocycles. The lowest BCUT2D eigenvalue weighted by Gasteiger charge is -2.36. The van der Waals surface area contributed by atoms with Crippen molar-refractivity contribution in [2.45, 2.75) is 43.7 Å². The van der Waals surface area contributed by atoms with Crippen LogP contribution in [0.15, 0.2) is 12.7 Å². The number of aromatic nitrogens is 4. The van der Waals surface area contributed by atoms with E-state index in [-0.39, 0.29) is 12.6 Å². The molecular weight excluding hydrogens is 312 g/mol. The van der Waals surface area contributed by atoms with Gasteiger partial charge in [-0.05, 0) is 25.9 Å². The van der Waals surface area contributed by atoms with E-state index in [4.69, 9.17) is 10.5 Å². The lowest BCUT2D eigenvalue weighted by Crippen LogP contribution is -2.49. The van der Waals surface area contributed by atoms with E-state index in [1.807, 2.05) is 0 Å². The fraction of sp³-hybridized carbons (Fsp3) is 0.667. The van der Waals surface area contributed by atoms with Crippen LogP contribution in [0.4, 0.5) is 5.82 Å². The van der Waals surface area contributed by atoms with E-state index >= 15 is 0 Å². The molecule has 24 heavy (non-hydrogen) atoms. The van der Waals surface area contributed by atoms with Crippen LogP contribution < -0.4 is 5.73 Å². The number of rotatable bonds is 3. The minimum absolute atomic E-state index is 0.230. The molecule has 2 aromatic rings. The molecule has 2 aliphatic heterocycles. The molecule has 0 bridgehead atoms. The second kappa shape index (κ2) is 6.25. The molecule has 0 aliphatic carbocycles. The Morgan fingerprint density at radius 3 is 2.75 bits per heavy atom. The fourth-order valence-electron chi connectivity index (χ4n) is 3.78. The number of nitrogens with zero attached hydrogens (tertiary/aromatic N) is 5. The molecule has 9 heteroatoms. The fourth-order valence-corrected chi connectivity index (χ4v) is 3.78. The van der Waals surface area contributed by atoms with Gasteiger partial charge in [-0.1, -0.05) is 6.42 Å². The van der Waals surface area contributed by atoms with Gasteiger partial charge >= 0.3 is 0 Å². The van der Waals surface area contributed by atoms with Crippen LogP contribution in [-0.4, -0.2) is 72.6 Å². The summed E-state index contributed by atoms with van der Waals surface area (Å²) >= 11 is 0. The van der Waals surface area contributed by atoms with Gasteiger partial charge in [0.05, 0.1) is 19.0 Å². The third-order valence-corrected chi connectivity index (χ3v) is 4.99. The molecule has 130 valence electrons. The van der Waals surface area contributed by atoms with E-state index in [1.165, 1.54) is 12.7 Å². The normalized spacial score (nSPS) is 31.8. The summed E-state index contributed by atoms with van der Waals surface area (Å²) in [5.41, 5.74) is 6.94. The zero-order valence-corrected chi connectivity index (χ0v) is 13.3. The third-order valence-electron chi connectivity index (χ3n) is 4.99. The molecular formula is C15H22N6O3. The molecule has 0 unspecified atom stereocenters. The van der Waals surface area contributed by atoms with Gasteiger partial charge in [-0.25, -0.2) is 15.0 Å². The molecule has 4 N–H and O–H groups in total. The average Bonchev–Trinajstić information content (AvgIpc) is 3.17. The first-order valence-corrected chi connectivity index (χ1v) is 8.32. The second-order valence-electron chi connectivity index (χ2n) is 6.41. The van der Waals surface area contributed by atoms with Crippen molar-refractivity contribution in [3.63, 3.8) is 0 Å². The lowest BCUT2D eigenvalue weighted by molar-refractivity contribution is -0.0477. The molecule has 0 aromatic carbocycles. The number of hydrogen-bond acceptors (Lipinski definition) is 8. The molecule has 2 aromatic heterocycles. The summed E-state index contributed by atoms with van der Waals surface area (Å²) < 4.78 is 7.74. The number of piperidine rings is 1. The van der Waals surface area contributed by atoms with Crippen LogP contribution >= 0.6 is 0 Å². The van der Waals surface area contributed by atoms with Gasteiger partial charge in [-0.15, -0.1) is 0 Å². The standard InChI is InChI=1S/C15H22N6O3/c16-13-10-14(18-7-17-13)21(8-19-10)15-11(12(23)9(6-22)24-15)20-4-2-1-3-5-20/h7-9,11-12,15,22-23H,1-6H2,(H2,16,17,18)/t9-,11-,12+,15-/m1/s1. The molecule has 0 amide bonds. The van der Waals surface area contributed by atoms with E-state index in [0.717, 1.165) is 25.9 Å². The maximum atomic E-state index is 10.7. The molecule has 4 rings (SSSR count). The Morgan fingerprint density at radius 1 is 1.21 bits per heavy atom. The molecule has 0 radical (unpaired) electrons. The van der Waals surface area contributed by atoms with Gasteiger partial charge in [-0.3, -0.25) is 9.47 Å². The van der Waals surface area contributed by atoms with Crippen molar-refractivity contribution in [3.05, 3.63) is 12.7 Å². The van der Waals surface area contributed by atoms with Crippen molar-refractivity contribution in [1.29, 1.82) is 0 Å². The smallest absolute Gasteiger partial charge is 0.167 e. The highest BCUT2D eigenvalue weighted by atomic mass is 16.5. The van der Waals surface area contributed by atoms with Crippen LogP contribution in [0.1, 0.15) is 25.5 Å². The number of likely N-dealkylation sites (tertiary alicyclic amines) is 1. The number of nitrogen functional groups attached to an aromatic ring is 1. The lowest BCUT2D eigenvalue weighted by atomic mass is 10.0. The Labute approximate surface area is 139 Å². The minimum atomic E-state index is -0.769. The summed E-state index contributed by atoms with van der Waals surface area (Å²) in [5, 5.41) is 20.2. The number of fused-ring (bicyclic) bond motifs is 1. The van der Waals surface area contributed by atoms with Crippen molar-refractivity contribution < 1.29 is 14.9 Å². The molecule has 2 fully saturated rings. The third kappa shape index (κ3) is 2.44. The quantitative estimate of drug-likeness (QED) is 0.687. The van der Waals surface area contributed by atoms with Crippen molar-refractivity contribution in [3.8, 4) is 0 Å². The average molecular weight is 334 g/mol. The number of ether oxygens (including phenoxy) is 1. The number of hydrogen-bond donors (Lipinski definition) is 3. The highest BCUT2D eigenvalue weighted by Gasteiger charge is 2.47. The summed E-state index contributed by atoms with van der Waals surface area (Å²) in [6.07, 6.45) is 4.53. The highest BCUT2D eigenvalue weighted by molar-refractivity contribution is 5.81. The first kappa shape index (κ1) is 15.7. The van der Waals surface area contributed by atoms with Gasteiger partial charge in [0, 0.05) is 0 Å². The van der Waals surface area contributed by atoms with Gasteiger partial charge in [0.2, 0.25) is 0 Å². The van der Waals surface area contributed by atoms with Crippen LogP contribution in [0.2, 0.25) is 0 Å². The van der Waals surface area contributed by atoms with Gasteiger partial charge < -0.3 is 20.7 Å². The summed E-state index contributed by atoms with van der Waals surface area (Å²) in [5.74, 6) is 0.311. The predicted octanol–water partition coefficient (Wildman–Crippen LogP) is -0.486. The van der Waals surface area contributed by atoms with Crippen LogP contribution in [0.25, 0.3) is 11.2 Å². The van der Waals surface area contributed by atoms with E-state index in [0.29, 0.717) is 17.0 Å². The maximum Gasteiger partial charge on any atom is 0.167 e. The van der Waals surface area contributed by atoms with Crippen molar-refractivity contribution in [2.75, 3.05) is 25.4 Å². The molecule has 4 atom stereocenters. The number of nitrogens with two attached hydrogens (primary N) is 1. The van der Waals surface area contributed by atoms with Crippen LogP contribution in [0.5, 0.6) is 0 Å². The summed E-state index contributed by atoms with van der Waals surface area (Å²) in [6.45, 7) is 1.58. The molecule has 9 nitrogen and oxygen atoms in total. The number of aliphatic hydroxyl groups is 2. The number of anilines is 1. The molecule has 0 spiro atoms. The van der Waals surface area contributed by atoms with Crippen LogP contribution in [-0.2, 0) is 4.74 Å². The van der Waals surface area contributed by atoms with E-state index in [1.54, 1.807) is 10.9 Å². The van der Waals surface area contributed by atoms with Crippen LogP contribution in [0.3, 0.4) is 0 Å². The van der Waals surface area contributed by atoms with Gasteiger partial charge in [0.1, 0.15) is 24.1 Å². The van der Waals surface area contributed by atoms with Crippen LogP contribution in [0, 0.1) is 0 Å². The molecule has 2 aliphatic rings. The number of imidazole rings is 1. The van der Waals surface area contributed by atoms with Gasteiger partial charge in [-0.2, -0.15) is 0 Å². The largest absolute Gasteiger partial charge is 0.394 e. The summed E-state index contributed by atoms with van der Waals surface area (Å²) in [4.78, 5) is 14.8. The monoisotopic (exact) mass is 334 g/mol. The summed E-state index contributed by atoms with van der Waals surface area (Å²) in [6, 6.07) is -0.254. The van der Waals surface area contributed by atoms with Gasteiger partial charge in [0.15, 0.2) is 17.7 Å². The van der Waals surface area contributed by atoms with E-state index in [9.17, 15) is 10.2 Å². The summed E-state index contributed by atoms with van der Waals surface area (Å²) in [7, 11) is 0. The predicted molar refractivity (Wildman–Crippen MR) is 86.0 cm³/mol. The maximum absolute atomic E-state index is 10.7. The Balaban J connectivity index is 1.74. The minimum Gasteiger partial charge on any atom is -0.394 e. The van der Waals surface area contributed by atoms with Gasteiger partial charge in [0.25, 0.3) is 0 Å². The van der Waals surface area contributed by atoms with Crippen molar-refractivity contribution in [1.82, 2.24) is 24.4 Å². The SMILES string of the molecule is Nc1ncnc2c1ncn2[C@@H]1O[C@H](CO)[C@H](O)[C@H]1N1CCCCC1. The van der Waals surface area contributed by atoms with Crippen molar-refractivity contribution in [2.24, 2.45) is 0 Å². The highest BCUT2D eigenvalue weighted by Crippen LogP contribution is 2.36. The first-order chi connectivity index (χ1) is 11.7. The van der Waals surface area contributed by atoms with E-state index < -0.39 is 18.4 Å². The molecule has 0 saturated carbocycles. The van der Waals surface area contributed by atoms with E-state index in [2.05, 4.69) is 19.9 Å². The molecule has 2 saturated heterocycles. The Hall–Kier alpha value is -1.81. The Morgan fingerprint density at radius 2 is 2.00 bits per heavy atom. The topological polar surface area (TPSA) is 123 Å². The first-order valence-electron chi connectivity index (χ1n) is 8.32. The zero-order valence-electron chi connectivity index (χ0n) is 13.3. The Bertz CT molecular complexity index is 716. The number of aliphatic hydroxyl groups excluding tert-OH is 2. The zero-order chi connectivity index (χ0) is 16.7. The van der Waals surface area contributed by atoms with Crippen molar-refractivity contribution >= 4 is 17.0 Å². The Kier molecular flexibility index (Phi) is 4.09.